The predicted molar refractivity (Wildman–Crippen MR) is 107 cm³/mol. The van der Waals surface area contributed by atoms with Crippen LogP contribution >= 0.6 is 0 Å². The second kappa shape index (κ2) is 7.82. The van der Waals surface area contributed by atoms with Gasteiger partial charge in [-0.3, -0.25) is 4.79 Å². The third kappa shape index (κ3) is 4.39. The molecule has 0 aromatic heterocycles. The van der Waals surface area contributed by atoms with Gasteiger partial charge in [0, 0.05) is 24.7 Å². The summed E-state index contributed by atoms with van der Waals surface area (Å²) in [7, 11) is -3.52. The van der Waals surface area contributed by atoms with E-state index in [-0.39, 0.29) is 11.8 Å². The van der Waals surface area contributed by atoms with Gasteiger partial charge in [-0.15, -0.1) is 0 Å². The van der Waals surface area contributed by atoms with Gasteiger partial charge in [0.15, 0.2) is 0 Å². The van der Waals surface area contributed by atoms with Gasteiger partial charge in [-0.05, 0) is 57.4 Å². The van der Waals surface area contributed by atoms with E-state index in [1.54, 1.807) is 6.07 Å². The van der Waals surface area contributed by atoms with Crippen LogP contribution in [0.5, 0.6) is 0 Å². The summed E-state index contributed by atoms with van der Waals surface area (Å²) in [5, 5.41) is 2.93. The number of piperidine rings is 1. The zero-order valence-electron chi connectivity index (χ0n) is 16.0. The molecule has 3 rings (SSSR count). The highest BCUT2D eigenvalue weighted by Crippen LogP contribution is 2.27. The highest BCUT2D eigenvalue weighted by atomic mass is 32.2. The second-order valence-corrected chi connectivity index (χ2v) is 9.21. The highest BCUT2D eigenvalue weighted by molar-refractivity contribution is 7.89. The van der Waals surface area contributed by atoms with Gasteiger partial charge in [0.05, 0.1) is 4.90 Å². The van der Waals surface area contributed by atoms with Gasteiger partial charge in [-0.25, -0.2) is 8.42 Å². The first-order valence-corrected chi connectivity index (χ1v) is 10.7. The molecule has 2 aromatic carbocycles. The number of anilines is 1. The number of nitrogens with one attached hydrogen (secondary N) is 1. The largest absolute Gasteiger partial charge is 0.326 e. The Morgan fingerprint density at radius 2 is 1.56 bits per heavy atom. The molecule has 0 aliphatic carbocycles. The van der Waals surface area contributed by atoms with Crippen molar-refractivity contribution >= 4 is 21.6 Å². The Labute approximate surface area is 161 Å². The van der Waals surface area contributed by atoms with E-state index in [1.165, 1.54) is 4.31 Å². The van der Waals surface area contributed by atoms with Gasteiger partial charge in [0.25, 0.3) is 0 Å². The third-order valence-electron chi connectivity index (χ3n) is 5.09. The van der Waals surface area contributed by atoms with Gasteiger partial charge in [-0.1, -0.05) is 35.4 Å². The number of carbonyl (C=O) groups excluding carboxylic acids is 1. The van der Waals surface area contributed by atoms with Crippen LogP contribution in [0.2, 0.25) is 0 Å². The van der Waals surface area contributed by atoms with E-state index in [2.05, 4.69) is 5.32 Å². The number of hydrogen-bond acceptors (Lipinski definition) is 3. The molecule has 0 atom stereocenters. The van der Waals surface area contributed by atoms with E-state index in [4.69, 9.17) is 0 Å². The van der Waals surface area contributed by atoms with Crippen LogP contribution in [0.1, 0.15) is 29.5 Å². The summed E-state index contributed by atoms with van der Waals surface area (Å²) in [6.07, 6.45) is 1.06. The van der Waals surface area contributed by atoms with Crippen molar-refractivity contribution in [3.63, 3.8) is 0 Å². The number of rotatable bonds is 4. The van der Waals surface area contributed by atoms with E-state index in [0.717, 1.165) is 22.4 Å². The number of carbonyl (C=O) groups is 1. The molecule has 27 heavy (non-hydrogen) atoms. The fraction of sp³-hybridized carbons (Fsp3) is 0.381. The second-order valence-electron chi connectivity index (χ2n) is 7.30. The van der Waals surface area contributed by atoms with E-state index in [1.807, 2.05) is 57.2 Å². The van der Waals surface area contributed by atoms with Crippen LogP contribution in [0.25, 0.3) is 0 Å². The van der Waals surface area contributed by atoms with Crippen LogP contribution in [0.15, 0.2) is 47.4 Å². The summed E-state index contributed by atoms with van der Waals surface area (Å²) in [6, 6.07) is 13.1. The van der Waals surface area contributed by atoms with Crippen LogP contribution in [-0.4, -0.2) is 31.7 Å². The fourth-order valence-corrected chi connectivity index (χ4v) is 5.14. The number of nitrogens with zero attached hydrogens (tertiary/aromatic N) is 1. The molecule has 0 unspecified atom stereocenters. The van der Waals surface area contributed by atoms with Crippen LogP contribution in [-0.2, 0) is 14.8 Å². The molecule has 0 spiro atoms. The van der Waals surface area contributed by atoms with Crippen LogP contribution in [0.3, 0.4) is 0 Å². The molecule has 6 heteroatoms. The molecule has 1 saturated heterocycles. The van der Waals surface area contributed by atoms with Crippen molar-refractivity contribution in [2.24, 2.45) is 5.92 Å². The van der Waals surface area contributed by atoms with Crippen molar-refractivity contribution in [1.29, 1.82) is 0 Å². The molecule has 1 aliphatic rings. The number of amides is 1. The van der Waals surface area contributed by atoms with Crippen LogP contribution < -0.4 is 5.32 Å². The minimum Gasteiger partial charge on any atom is -0.326 e. The molecule has 1 aliphatic heterocycles. The smallest absolute Gasteiger partial charge is 0.243 e. The minimum absolute atomic E-state index is 0.0394. The Morgan fingerprint density at radius 3 is 2.15 bits per heavy atom. The molecule has 1 heterocycles. The maximum absolute atomic E-state index is 12.9. The van der Waals surface area contributed by atoms with Gasteiger partial charge in [0.2, 0.25) is 15.9 Å². The van der Waals surface area contributed by atoms with Crippen molar-refractivity contribution < 1.29 is 13.2 Å². The molecule has 5 nitrogen and oxygen atoms in total. The topological polar surface area (TPSA) is 66.5 Å². The molecule has 1 N–H and O–H groups in total. The standard InChI is InChI=1S/C21H26N2O3S/c1-15-4-7-19(8-5-15)22-21(24)18-10-12-23(13-11-18)27(25,26)20-9-6-16(2)14-17(20)3/h4-9,14,18H,10-13H2,1-3H3,(H,22,24). The monoisotopic (exact) mass is 386 g/mol. The first-order valence-electron chi connectivity index (χ1n) is 9.22. The van der Waals surface area contributed by atoms with Crippen molar-refractivity contribution in [1.82, 2.24) is 4.31 Å². The molecular weight excluding hydrogens is 360 g/mol. The average molecular weight is 387 g/mol. The summed E-state index contributed by atoms with van der Waals surface area (Å²) < 4.78 is 27.4. The molecule has 144 valence electrons. The molecule has 0 saturated carbocycles. The summed E-state index contributed by atoms with van der Waals surface area (Å²) >= 11 is 0. The third-order valence-corrected chi connectivity index (χ3v) is 7.15. The Morgan fingerprint density at radius 1 is 0.963 bits per heavy atom. The van der Waals surface area contributed by atoms with Crippen molar-refractivity contribution in [3.8, 4) is 0 Å². The SMILES string of the molecule is Cc1ccc(NC(=O)C2CCN(S(=O)(=O)c3ccc(C)cc3C)CC2)cc1. The number of aryl methyl sites for hydroxylation is 3. The fourth-order valence-electron chi connectivity index (χ4n) is 3.47. The maximum atomic E-state index is 12.9. The number of sulfonamides is 1. The zero-order chi connectivity index (χ0) is 19.6. The molecule has 1 fully saturated rings. The Hall–Kier alpha value is -2.18. The molecule has 0 bridgehead atoms. The zero-order valence-corrected chi connectivity index (χ0v) is 16.8. The van der Waals surface area contributed by atoms with Gasteiger partial charge in [-0.2, -0.15) is 4.31 Å². The molecule has 1 amide bonds. The first-order chi connectivity index (χ1) is 12.8. The van der Waals surface area contributed by atoms with Crippen molar-refractivity contribution in [3.05, 3.63) is 59.2 Å². The summed E-state index contributed by atoms with van der Waals surface area (Å²) in [5.74, 6) is -0.209. The van der Waals surface area contributed by atoms with E-state index < -0.39 is 10.0 Å². The quantitative estimate of drug-likeness (QED) is 0.872. The normalized spacial score (nSPS) is 16.3. The molecular formula is C21H26N2O3S. The lowest BCUT2D eigenvalue weighted by atomic mass is 9.97. The first kappa shape index (κ1) is 19.6. The molecule has 0 radical (unpaired) electrons. The van der Waals surface area contributed by atoms with Crippen LogP contribution in [0, 0.1) is 26.7 Å². The Balaban J connectivity index is 1.64. The number of hydrogen-bond donors (Lipinski definition) is 1. The van der Waals surface area contributed by atoms with Crippen LogP contribution in [0.4, 0.5) is 5.69 Å². The highest BCUT2D eigenvalue weighted by Gasteiger charge is 2.32. The maximum Gasteiger partial charge on any atom is 0.243 e. The van der Waals surface area contributed by atoms with Gasteiger partial charge < -0.3 is 5.32 Å². The van der Waals surface area contributed by atoms with Gasteiger partial charge >= 0.3 is 0 Å². The summed E-state index contributed by atoms with van der Waals surface area (Å²) in [5.41, 5.74) is 3.71. The lowest BCUT2D eigenvalue weighted by Crippen LogP contribution is -2.41. The van der Waals surface area contributed by atoms with E-state index in [9.17, 15) is 13.2 Å². The van der Waals surface area contributed by atoms with E-state index >= 15 is 0 Å². The lowest BCUT2D eigenvalue weighted by Gasteiger charge is -2.31. The summed E-state index contributed by atoms with van der Waals surface area (Å²) in [4.78, 5) is 12.8. The Bertz CT molecular complexity index is 928. The van der Waals surface area contributed by atoms with Crippen molar-refractivity contribution in [2.75, 3.05) is 18.4 Å². The number of benzene rings is 2. The average Bonchev–Trinajstić information content (AvgIpc) is 2.63. The predicted octanol–water partition coefficient (Wildman–Crippen LogP) is 3.65. The Kier molecular flexibility index (Phi) is 5.67. The lowest BCUT2D eigenvalue weighted by molar-refractivity contribution is -0.120. The molecule has 2 aromatic rings. The van der Waals surface area contributed by atoms with Crippen molar-refractivity contribution in [2.45, 2.75) is 38.5 Å². The van der Waals surface area contributed by atoms with E-state index in [0.29, 0.717) is 30.8 Å². The summed E-state index contributed by atoms with van der Waals surface area (Å²) in [6.45, 7) is 6.49. The minimum atomic E-state index is -3.52. The van der Waals surface area contributed by atoms with Gasteiger partial charge in [0.1, 0.15) is 0 Å².